The molecule has 0 aliphatic heterocycles. The van der Waals surface area contributed by atoms with Gasteiger partial charge in [-0.05, 0) is 50.7 Å². The number of aryl methyl sites for hydroxylation is 1. The van der Waals surface area contributed by atoms with Crippen LogP contribution in [0.1, 0.15) is 30.9 Å². The molecule has 0 radical (unpaired) electrons. The van der Waals surface area contributed by atoms with E-state index in [0.717, 1.165) is 18.9 Å². The Hall–Kier alpha value is -1.47. The lowest BCUT2D eigenvalue weighted by Gasteiger charge is -2.25. The van der Waals surface area contributed by atoms with Crippen molar-refractivity contribution < 1.29 is 13.3 Å². The van der Waals surface area contributed by atoms with E-state index in [1.807, 2.05) is 6.92 Å². The molecule has 0 bridgehead atoms. The van der Waals surface area contributed by atoms with Crippen LogP contribution in [0.4, 0.5) is 5.69 Å². The Kier molecular flexibility index (Phi) is 4.08. The minimum absolute atomic E-state index is 0.0317. The van der Waals surface area contributed by atoms with Gasteiger partial charge in [0.15, 0.2) is 0 Å². The zero-order valence-corrected chi connectivity index (χ0v) is 13.5. The number of benzene rings is 1. The van der Waals surface area contributed by atoms with Gasteiger partial charge in [-0.1, -0.05) is 0 Å². The smallest absolute Gasteiger partial charge is 0.258 e. The van der Waals surface area contributed by atoms with E-state index in [2.05, 4.69) is 0 Å². The van der Waals surface area contributed by atoms with Crippen molar-refractivity contribution in [3.05, 3.63) is 33.4 Å². The summed E-state index contributed by atoms with van der Waals surface area (Å²) in [5.74, 6) is 0.393. The van der Waals surface area contributed by atoms with Gasteiger partial charge < -0.3 is 0 Å². The summed E-state index contributed by atoms with van der Waals surface area (Å²) in [5, 5.41) is 11.0. The Labute approximate surface area is 125 Å². The van der Waals surface area contributed by atoms with Gasteiger partial charge >= 0.3 is 0 Å². The average Bonchev–Trinajstić information content (AvgIpc) is 3.23. The molecule has 1 aromatic carbocycles. The average molecular weight is 312 g/mol. The molecule has 2 rings (SSSR count). The molecule has 0 amide bonds. The third-order valence-electron chi connectivity index (χ3n) is 4.35. The van der Waals surface area contributed by atoms with Gasteiger partial charge in [0.2, 0.25) is 10.0 Å². The van der Waals surface area contributed by atoms with Gasteiger partial charge in [0.25, 0.3) is 5.69 Å². The molecular formula is C14H20N2O4S. The fourth-order valence-electron chi connectivity index (χ4n) is 2.43. The summed E-state index contributed by atoms with van der Waals surface area (Å²) in [6, 6.07) is 2.47. The molecule has 21 heavy (non-hydrogen) atoms. The van der Waals surface area contributed by atoms with Gasteiger partial charge in [0.05, 0.1) is 9.82 Å². The van der Waals surface area contributed by atoms with Crippen molar-refractivity contribution in [3.8, 4) is 0 Å². The highest BCUT2D eigenvalue weighted by molar-refractivity contribution is 7.89. The molecular weight excluding hydrogens is 292 g/mol. The predicted octanol–water partition coefficient (Wildman–Crippen LogP) is 2.63. The fraction of sp³-hybridized carbons (Fsp3) is 0.571. The number of sulfonamides is 1. The van der Waals surface area contributed by atoms with Crippen LogP contribution in [0.5, 0.6) is 0 Å². The summed E-state index contributed by atoms with van der Waals surface area (Å²) >= 11 is 0. The quantitative estimate of drug-likeness (QED) is 0.618. The van der Waals surface area contributed by atoms with E-state index in [0.29, 0.717) is 17.0 Å². The van der Waals surface area contributed by atoms with E-state index in [9.17, 15) is 18.5 Å². The first-order valence-electron chi connectivity index (χ1n) is 6.90. The Balaban J connectivity index is 2.50. The molecule has 116 valence electrons. The molecule has 1 fully saturated rings. The number of non-ortho nitro benzene ring substituents is 1. The van der Waals surface area contributed by atoms with Crippen LogP contribution in [0, 0.1) is 29.9 Å². The van der Waals surface area contributed by atoms with Crippen LogP contribution in [0.25, 0.3) is 0 Å². The number of nitro groups is 1. The summed E-state index contributed by atoms with van der Waals surface area (Å²) < 4.78 is 26.9. The molecule has 1 saturated carbocycles. The molecule has 0 N–H and O–H groups in total. The van der Waals surface area contributed by atoms with E-state index in [-0.39, 0.29) is 16.6 Å². The van der Waals surface area contributed by atoms with Crippen LogP contribution in [0.15, 0.2) is 17.0 Å². The zero-order valence-electron chi connectivity index (χ0n) is 12.7. The molecule has 1 aliphatic rings. The maximum Gasteiger partial charge on any atom is 0.271 e. The number of nitrogens with zero attached hydrogens (tertiary/aromatic N) is 2. The topological polar surface area (TPSA) is 80.5 Å². The number of hydrogen-bond acceptors (Lipinski definition) is 4. The maximum absolute atomic E-state index is 12.8. The molecule has 1 aliphatic carbocycles. The first-order valence-corrected chi connectivity index (χ1v) is 8.34. The molecule has 6 nitrogen and oxygen atoms in total. The molecule has 1 unspecified atom stereocenters. The van der Waals surface area contributed by atoms with Crippen molar-refractivity contribution in [1.82, 2.24) is 4.31 Å². The van der Waals surface area contributed by atoms with Gasteiger partial charge in [0, 0.05) is 25.2 Å². The van der Waals surface area contributed by atoms with E-state index >= 15 is 0 Å². The largest absolute Gasteiger partial charge is 0.271 e. The van der Waals surface area contributed by atoms with Crippen molar-refractivity contribution in [2.24, 2.45) is 5.92 Å². The summed E-state index contributed by atoms with van der Waals surface area (Å²) in [6.45, 7) is 5.25. The van der Waals surface area contributed by atoms with Gasteiger partial charge in [-0.3, -0.25) is 10.1 Å². The molecule has 0 aromatic heterocycles. The van der Waals surface area contributed by atoms with Crippen molar-refractivity contribution in [3.63, 3.8) is 0 Å². The fourth-order valence-corrected chi connectivity index (χ4v) is 4.17. The molecule has 0 spiro atoms. The second kappa shape index (κ2) is 5.38. The minimum atomic E-state index is -3.72. The molecule has 1 atom stereocenters. The molecule has 7 heteroatoms. The zero-order chi connectivity index (χ0) is 15.9. The SMILES string of the molecule is Cc1cc([N+](=O)[O-])cc(S(=O)(=O)N(C)C(C)C2CC2)c1C. The van der Waals surface area contributed by atoms with Crippen LogP contribution >= 0.6 is 0 Å². The van der Waals surface area contributed by atoms with E-state index < -0.39 is 14.9 Å². The normalized spacial score (nSPS) is 17.0. The summed E-state index contributed by atoms with van der Waals surface area (Å²) in [5.41, 5.74) is 0.981. The van der Waals surface area contributed by atoms with E-state index in [1.165, 1.54) is 10.4 Å². The van der Waals surface area contributed by atoms with Crippen molar-refractivity contribution in [1.29, 1.82) is 0 Å². The third-order valence-corrected chi connectivity index (χ3v) is 6.42. The summed E-state index contributed by atoms with van der Waals surface area (Å²) in [7, 11) is -2.18. The molecule has 1 aromatic rings. The highest BCUT2D eigenvalue weighted by atomic mass is 32.2. The Morgan fingerprint density at radius 2 is 1.90 bits per heavy atom. The van der Waals surface area contributed by atoms with Crippen molar-refractivity contribution in [2.75, 3.05) is 7.05 Å². The van der Waals surface area contributed by atoms with Gasteiger partial charge in [-0.25, -0.2) is 8.42 Å². The van der Waals surface area contributed by atoms with Crippen molar-refractivity contribution >= 4 is 15.7 Å². The van der Waals surface area contributed by atoms with E-state index in [4.69, 9.17) is 0 Å². The van der Waals surface area contributed by atoms with Crippen LogP contribution in [0.2, 0.25) is 0 Å². The number of rotatable bonds is 5. The predicted molar refractivity (Wildman–Crippen MR) is 79.7 cm³/mol. The Morgan fingerprint density at radius 1 is 1.33 bits per heavy atom. The Morgan fingerprint density at radius 3 is 2.38 bits per heavy atom. The number of hydrogen-bond donors (Lipinski definition) is 0. The van der Waals surface area contributed by atoms with Gasteiger partial charge in [-0.15, -0.1) is 0 Å². The number of nitro benzene ring substituents is 1. The van der Waals surface area contributed by atoms with Crippen LogP contribution in [-0.4, -0.2) is 30.7 Å². The first-order chi connectivity index (χ1) is 9.66. The maximum atomic E-state index is 12.8. The first kappa shape index (κ1) is 15.9. The summed E-state index contributed by atoms with van der Waals surface area (Å²) in [4.78, 5) is 10.4. The second-order valence-corrected chi connectivity index (χ2v) is 7.71. The molecule has 0 heterocycles. The monoisotopic (exact) mass is 312 g/mol. The van der Waals surface area contributed by atoms with Crippen LogP contribution < -0.4 is 0 Å². The summed E-state index contributed by atoms with van der Waals surface area (Å²) in [6.07, 6.45) is 2.07. The third kappa shape index (κ3) is 2.94. The van der Waals surface area contributed by atoms with Crippen LogP contribution in [0.3, 0.4) is 0 Å². The highest BCUT2D eigenvalue weighted by Gasteiger charge is 2.37. The lowest BCUT2D eigenvalue weighted by Crippen LogP contribution is -2.36. The lowest BCUT2D eigenvalue weighted by molar-refractivity contribution is -0.385. The molecule has 0 saturated heterocycles. The minimum Gasteiger partial charge on any atom is -0.258 e. The Bertz CT molecular complexity index is 680. The highest BCUT2D eigenvalue weighted by Crippen LogP contribution is 2.37. The van der Waals surface area contributed by atoms with E-state index in [1.54, 1.807) is 20.9 Å². The van der Waals surface area contributed by atoms with Gasteiger partial charge in [0.1, 0.15) is 0 Å². The lowest BCUT2D eigenvalue weighted by atomic mass is 10.1. The standard InChI is InChI=1S/C14H20N2O4S/c1-9-7-13(16(17)18)8-14(10(9)2)21(19,20)15(4)11(3)12-5-6-12/h7-8,11-12H,5-6H2,1-4H3. The van der Waals surface area contributed by atoms with Crippen molar-refractivity contribution in [2.45, 2.75) is 44.6 Å². The second-order valence-electron chi connectivity index (χ2n) is 5.74. The van der Waals surface area contributed by atoms with Gasteiger partial charge in [-0.2, -0.15) is 4.31 Å². The van der Waals surface area contributed by atoms with Crippen LogP contribution in [-0.2, 0) is 10.0 Å².